The Kier molecular flexibility index (Phi) is 5.85. The van der Waals surface area contributed by atoms with Crippen LogP contribution in [0.1, 0.15) is 15.9 Å². The van der Waals surface area contributed by atoms with Crippen molar-refractivity contribution in [3.63, 3.8) is 0 Å². The summed E-state index contributed by atoms with van der Waals surface area (Å²) in [7, 11) is -3.82. The van der Waals surface area contributed by atoms with Crippen LogP contribution in [0.5, 0.6) is 5.75 Å². The van der Waals surface area contributed by atoms with Gasteiger partial charge < -0.3 is 4.74 Å². The molecule has 138 valence electrons. The molecule has 0 saturated heterocycles. The third-order valence-corrected chi connectivity index (χ3v) is 4.98. The summed E-state index contributed by atoms with van der Waals surface area (Å²) in [6.07, 6.45) is 0. The minimum Gasteiger partial charge on any atom is -0.489 e. The van der Waals surface area contributed by atoms with Crippen LogP contribution in [-0.4, -0.2) is 14.3 Å². The minimum atomic E-state index is -3.82. The van der Waals surface area contributed by atoms with Crippen molar-refractivity contribution in [2.24, 2.45) is 0 Å². The van der Waals surface area contributed by atoms with E-state index in [1.54, 1.807) is 42.5 Å². The van der Waals surface area contributed by atoms with Gasteiger partial charge in [-0.1, -0.05) is 48.5 Å². The van der Waals surface area contributed by atoms with Crippen LogP contribution in [0.25, 0.3) is 0 Å². The predicted molar refractivity (Wildman–Crippen MR) is 101 cm³/mol. The van der Waals surface area contributed by atoms with Crippen LogP contribution < -0.4 is 15.0 Å². The van der Waals surface area contributed by atoms with Gasteiger partial charge in [-0.05, 0) is 42.0 Å². The number of amides is 1. The molecule has 3 aromatic rings. The highest BCUT2D eigenvalue weighted by atomic mass is 32.2. The van der Waals surface area contributed by atoms with Gasteiger partial charge in [0.2, 0.25) is 0 Å². The molecule has 3 rings (SSSR count). The van der Waals surface area contributed by atoms with Crippen LogP contribution >= 0.6 is 0 Å². The number of hydrogen-bond donors (Lipinski definition) is 2. The van der Waals surface area contributed by atoms with Crippen LogP contribution in [0.15, 0.2) is 89.8 Å². The molecular weight excluding hydrogens is 364 g/mol. The van der Waals surface area contributed by atoms with Gasteiger partial charge in [-0.15, -0.1) is 4.83 Å². The van der Waals surface area contributed by atoms with E-state index >= 15 is 0 Å². The zero-order valence-corrected chi connectivity index (χ0v) is 15.1. The first-order valence-electron chi connectivity index (χ1n) is 8.18. The second-order valence-corrected chi connectivity index (χ2v) is 7.35. The highest BCUT2D eigenvalue weighted by Crippen LogP contribution is 2.14. The van der Waals surface area contributed by atoms with Crippen molar-refractivity contribution in [2.45, 2.75) is 11.5 Å². The van der Waals surface area contributed by atoms with E-state index in [-0.39, 0.29) is 4.90 Å². The lowest BCUT2D eigenvalue weighted by Crippen LogP contribution is -2.41. The number of sulfonamides is 1. The second-order valence-electron chi connectivity index (χ2n) is 5.67. The lowest BCUT2D eigenvalue weighted by Gasteiger charge is -2.09. The maximum absolute atomic E-state index is 12.1. The van der Waals surface area contributed by atoms with Gasteiger partial charge in [0.05, 0.1) is 4.90 Å². The molecule has 3 aromatic carbocycles. The molecule has 2 N–H and O–H groups in total. The molecule has 0 fully saturated rings. The van der Waals surface area contributed by atoms with Crippen molar-refractivity contribution < 1.29 is 17.9 Å². The van der Waals surface area contributed by atoms with E-state index in [9.17, 15) is 13.2 Å². The summed E-state index contributed by atoms with van der Waals surface area (Å²) in [5, 5.41) is 0. The molecule has 0 aromatic heterocycles. The van der Waals surface area contributed by atoms with Gasteiger partial charge in [0.1, 0.15) is 12.4 Å². The topological polar surface area (TPSA) is 84.5 Å². The lowest BCUT2D eigenvalue weighted by molar-refractivity contribution is 0.0945. The van der Waals surface area contributed by atoms with Crippen molar-refractivity contribution in [3.8, 4) is 5.75 Å². The van der Waals surface area contributed by atoms with Gasteiger partial charge in [0, 0.05) is 5.56 Å². The van der Waals surface area contributed by atoms with Gasteiger partial charge in [-0.25, -0.2) is 8.42 Å². The molecule has 0 heterocycles. The zero-order valence-electron chi connectivity index (χ0n) is 14.3. The second kappa shape index (κ2) is 8.48. The Bertz CT molecular complexity index is 989. The fraction of sp³-hybridized carbons (Fsp3) is 0.0500. The fourth-order valence-electron chi connectivity index (χ4n) is 2.29. The molecule has 1 amide bonds. The van der Waals surface area contributed by atoms with Crippen molar-refractivity contribution in [3.05, 3.63) is 96.1 Å². The van der Waals surface area contributed by atoms with Gasteiger partial charge in [-0.2, -0.15) is 0 Å². The molecule has 0 aliphatic rings. The van der Waals surface area contributed by atoms with Crippen LogP contribution in [0.2, 0.25) is 0 Å². The number of hydrogen-bond acceptors (Lipinski definition) is 4. The Labute approximate surface area is 157 Å². The Morgan fingerprint density at radius 1 is 0.815 bits per heavy atom. The molecule has 0 spiro atoms. The zero-order chi connectivity index (χ0) is 19.1. The lowest BCUT2D eigenvalue weighted by atomic mass is 10.2. The third-order valence-electron chi connectivity index (χ3n) is 3.72. The quantitative estimate of drug-likeness (QED) is 0.616. The number of nitrogens with one attached hydrogen (secondary N) is 2. The van der Waals surface area contributed by atoms with Crippen molar-refractivity contribution >= 4 is 15.9 Å². The number of carbonyl (C=O) groups is 1. The molecule has 0 atom stereocenters. The molecule has 0 radical (unpaired) electrons. The van der Waals surface area contributed by atoms with E-state index in [1.165, 1.54) is 12.1 Å². The van der Waals surface area contributed by atoms with E-state index in [0.717, 1.165) is 5.56 Å². The molecule has 6 nitrogen and oxygen atoms in total. The summed E-state index contributed by atoms with van der Waals surface area (Å²) < 4.78 is 29.8. The van der Waals surface area contributed by atoms with E-state index in [0.29, 0.717) is 17.9 Å². The van der Waals surface area contributed by atoms with Gasteiger partial charge >= 0.3 is 0 Å². The van der Waals surface area contributed by atoms with Crippen LogP contribution in [0.4, 0.5) is 0 Å². The SMILES string of the molecule is O=C(NNS(=O)(=O)c1ccccc1)c1ccc(OCc2ccccc2)cc1. The Balaban J connectivity index is 1.56. The average Bonchev–Trinajstić information content (AvgIpc) is 2.72. The number of benzene rings is 3. The first-order chi connectivity index (χ1) is 13.0. The maximum Gasteiger partial charge on any atom is 0.266 e. The molecule has 0 aliphatic heterocycles. The largest absolute Gasteiger partial charge is 0.489 e. The molecule has 27 heavy (non-hydrogen) atoms. The van der Waals surface area contributed by atoms with Crippen LogP contribution in [0.3, 0.4) is 0 Å². The number of ether oxygens (including phenoxy) is 1. The summed E-state index contributed by atoms with van der Waals surface area (Å²) in [4.78, 5) is 14.3. The molecular formula is C20H18N2O4S. The van der Waals surface area contributed by atoms with E-state index in [1.807, 2.05) is 30.3 Å². The van der Waals surface area contributed by atoms with Crippen molar-refractivity contribution in [2.75, 3.05) is 0 Å². The highest BCUT2D eigenvalue weighted by molar-refractivity contribution is 7.89. The van der Waals surface area contributed by atoms with E-state index in [4.69, 9.17) is 4.74 Å². The summed E-state index contributed by atoms with van der Waals surface area (Å²) in [5.74, 6) is 0.0457. The molecule has 0 aliphatic carbocycles. The first kappa shape index (κ1) is 18.6. The molecule has 7 heteroatoms. The average molecular weight is 382 g/mol. The molecule has 0 unspecified atom stereocenters. The van der Waals surface area contributed by atoms with Crippen LogP contribution in [0, 0.1) is 0 Å². The summed E-state index contributed by atoms with van der Waals surface area (Å²) in [6, 6.07) is 23.9. The summed E-state index contributed by atoms with van der Waals surface area (Å²) >= 11 is 0. The first-order valence-corrected chi connectivity index (χ1v) is 9.67. The fourth-order valence-corrected chi connectivity index (χ4v) is 3.15. The number of carbonyl (C=O) groups excluding carboxylic acids is 1. The molecule has 0 saturated carbocycles. The molecule has 0 bridgehead atoms. The number of rotatable bonds is 7. The van der Waals surface area contributed by atoms with Gasteiger partial charge in [-0.3, -0.25) is 10.2 Å². The maximum atomic E-state index is 12.1. The Morgan fingerprint density at radius 3 is 2.04 bits per heavy atom. The number of hydrazine groups is 1. The van der Waals surface area contributed by atoms with Gasteiger partial charge in [0.25, 0.3) is 15.9 Å². The minimum absolute atomic E-state index is 0.0648. The predicted octanol–water partition coefficient (Wildman–Crippen LogP) is 2.89. The standard InChI is InChI=1S/C20H18N2O4S/c23-20(21-22-27(24,25)19-9-5-2-6-10-19)17-11-13-18(14-12-17)26-15-16-7-3-1-4-8-16/h1-14,22H,15H2,(H,21,23). The smallest absolute Gasteiger partial charge is 0.266 e. The van der Waals surface area contributed by atoms with Crippen molar-refractivity contribution in [1.82, 2.24) is 10.3 Å². The highest BCUT2D eigenvalue weighted by Gasteiger charge is 2.15. The normalized spacial score (nSPS) is 11.0. The monoisotopic (exact) mass is 382 g/mol. The Morgan fingerprint density at radius 2 is 1.41 bits per heavy atom. The van der Waals surface area contributed by atoms with E-state index < -0.39 is 15.9 Å². The van der Waals surface area contributed by atoms with Crippen molar-refractivity contribution in [1.29, 1.82) is 0 Å². The van der Waals surface area contributed by atoms with Crippen LogP contribution in [-0.2, 0) is 16.6 Å². The summed E-state index contributed by atoms with van der Waals surface area (Å²) in [6.45, 7) is 0.420. The summed E-state index contributed by atoms with van der Waals surface area (Å²) in [5.41, 5.74) is 3.54. The Hall–Kier alpha value is -3.16. The van der Waals surface area contributed by atoms with Gasteiger partial charge in [0.15, 0.2) is 0 Å². The third kappa shape index (κ3) is 5.16. The van der Waals surface area contributed by atoms with E-state index in [2.05, 4.69) is 10.3 Å².